The number of allylic oxidation sites excluding steroid dienone is 1. The van der Waals surface area contributed by atoms with Crippen LogP contribution in [0.3, 0.4) is 0 Å². The largest absolute Gasteiger partial charge is 0.462 e. The molecule has 7 aliphatic rings. The number of hydrogen-bond acceptors (Lipinski definition) is 14. The lowest BCUT2D eigenvalue weighted by Gasteiger charge is -2.65. The second-order valence-corrected chi connectivity index (χ2v) is 16.4. The van der Waals surface area contributed by atoms with Gasteiger partial charge in [-0.3, -0.25) is 24.0 Å². The van der Waals surface area contributed by atoms with E-state index < -0.39 is 142 Å². The summed E-state index contributed by atoms with van der Waals surface area (Å²) in [6.07, 6.45) is -5.40. The van der Waals surface area contributed by atoms with Crippen molar-refractivity contribution in [3.05, 3.63) is 11.8 Å². The highest BCUT2D eigenvalue weighted by molar-refractivity contribution is 5.88. The Morgan fingerprint density at radius 1 is 0.780 bits per heavy atom. The first kappa shape index (κ1) is 35.1. The molecular formula is C36H46O14. The van der Waals surface area contributed by atoms with Gasteiger partial charge >= 0.3 is 29.8 Å². The van der Waals surface area contributed by atoms with Gasteiger partial charge in [-0.05, 0) is 38.2 Å². The molecule has 18 atom stereocenters. The molecule has 14 heteroatoms. The molecule has 5 aliphatic carbocycles. The molecule has 0 aromatic carbocycles. The molecule has 2 heterocycles. The Hall–Kier alpha value is -3.36. The quantitative estimate of drug-likeness (QED) is 0.242. The molecule has 0 bridgehead atoms. The first-order chi connectivity index (χ1) is 23.1. The molecule has 50 heavy (non-hydrogen) atoms. The fraction of sp³-hybridized carbons (Fsp3) is 0.778. The molecule has 6 fully saturated rings. The highest BCUT2D eigenvalue weighted by Crippen LogP contribution is 2.76. The van der Waals surface area contributed by atoms with Crippen LogP contribution in [-0.4, -0.2) is 94.2 Å². The number of aliphatic hydroxyl groups excluding tert-OH is 1. The Kier molecular flexibility index (Phi) is 7.59. The zero-order valence-electron chi connectivity index (χ0n) is 29.7. The Labute approximate surface area is 289 Å². The second kappa shape index (κ2) is 10.8. The predicted octanol–water partition coefficient (Wildman–Crippen LogP) is 1.41. The number of fused-ring (bicyclic) bond motifs is 10. The number of ketones is 1. The van der Waals surface area contributed by atoms with E-state index in [9.17, 15) is 39.0 Å². The van der Waals surface area contributed by atoms with Crippen molar-refractivity contribution in [1.82, 2.24) is 0 Å². The Bertz CT molecular complexity index is 1620. The lowest BCUT2D eigenvalue weighted by atomic mass is 9.41. The number of epoxide rings is 1. The maximum Gasteiger partial charge on any atom is 0.343 e. The first-order valence-corrected chi connectivity index (χ1v) is 17.4. The molecule has 274 valence electrons. The Morgan fingerprint density at radius 3 is 1.90 bits per heavy atom. The topological polar surface area (TPSA) is 202 Å². The molecule has 14 nitrogen and oxygen atoms in total. The van der Waals surface area contributed by atoms with E-state index in [4.69, 9.17) is 28.4 Å². The smallest absolute Gasteiger partial charge is 0.343 e. The molecule has 7 rings (SSSR count). The number of rotatable bonds is 4. The van der Waals surface area contributed by atoms with Crippen molar-refractivity contribution in [2.24, 2.45) is 57.7 Å². The minimum absolute atomic E-state index is 0.198. The van der Waals surface area contributed by atoms with Crippen LogP contribution in [0.15, 0.2) is 11.8 Å². The average Bonchev–Trinajstić information content (AvgIpc) is 3.68. The monoisotopic (exact) mass is 702 g/mol. The first-order valence-electron chi connectivity index (χ1n) is 17.4. The van der Waals surface area contributed by atoms with Crippen LogP contribution >= 0.6 is 0 Å². The zero-order valence-corrected chi connectivity index (χ0v) is 29.7. The van der Waals surface area contributed by atoms with Gasteiger partial charge in [0.1, 0.15) is 42.4 Å². The van der Waals surface area contributed by atoms with Crippen LogP contribution in [0.4, 0.5) is 0 Å². The highest BCUT2D eigenvalue weighted by Gasteiger charge is 2.83. The van der Waals surface area contributed by atoms with Crippen LogP contribution in [0.25, 0.3) is 0 Å². The lowest BCUT2D eigenvalue weighted by Crippen LogP contribution is -2.74. The van der Waals surface area contributed by atoms with Crippen LogP contribution in [0.2, 0.25) is 0 Å². The summed E-state index contributed by atoms with van der Waals surface area (Å²) in [6.45, 7) is 13.3. The van der Waals surface area contributed by atoms with Gasteiger partial charge in [0, 0.05) is 68.1 Å². The zero-order chi connectivity index (χ0) is 36.8. The summed E-state index contributed by atoms with van der Waals surface area (Å²) in [5.74, 6) is -9.94. The van der Waals surface area contributed by atoms with Crippen LogP contribution in [0.5, 0.6) is 0 Å². The number of carbonyl (C=O) groups is 6. The van der Waals surface area contributed by atoms with Crippen molar-refractivity contribution in [3.63, 3.8) is 0 Å². The van der Waals surface area contributed by atoms with E-state index in [0.717, 1.165) is 0 Å². The van der Waals surface area contributed by atoms with Crippen molar-refractivity contribution in [1.29, 1.82) is 0 Å². The summed E-state index contributed by atoms with van der Waals surface area (Å²) >= 11 is 0. The normalized spacial score (nSPS) is 52.3. The third-order valence-corrected chi connectivity index (χ3v) is 14.1. The SMILES string of the molecule is CC(=O)O[C@@H]1[C@H]2[C@H]3[C@H]([C@H](OC(C)=O)[C@H](OC(C)=O)[C@]2(C)[C@@H]2[C@@H]1[C@]1(C)C(=C[C@H]2C)OC(=O)[C@@]1(C)O)[C@]1(C)[C@H](C[C@@H]2O[C@@H]2[C@@H]1OC(C)=O)C(=O)[C@@H]3O. The van der Waals surface area contributed by atoms with Crippen LogP contribution in [0, 0.1) is 57.7 Å². The summed E-state index contributed by atoms with van der Waals surface area (Å²) in [4.78, 5) is 79.7. The summed E-state index contributed by atoms with van der Waals surface area (Å²) in [7, 11) is 0. The van der Waals surface area contributed by atoms with Gasteiger partial charge in [-0.1, -0.05) is 20.8 Å². The van der Waals surface area contributed by atoms with Crippen molar-refractivity contribution in [3.8, 4) is 0 Å². The van der Waals surface area contributed by atoms with Gasteiger partial charge in [0.05, 0.1) is 11.5 Å². The summed E-state index contributed by atoms with van der Waals surface area (Å²) in [6, 6.07) is 0. The lowest BCUT2D eigenvalue weighted by molar-refractivity contribution is -0.272. The maximum atomic E-state index is 14.5. The van der Waals surface area contributed by atoms with E-state index in [2.05, 4.69) is 0 Å². The number of hydrogen-bond donors (Lipinski definition) is 2. The van der Waals surface area contributed by atoms with Gasteiger partial charge in [0.25, 0.3) is 0 Å². The van der Waals surface area contributed by atoms with E-state index in [1.54, 1.807) is 26.8 Å². The van der Waals surface area contributed by atoms with Gasteiger partial charge in [0.2, 0.25) is 0 Å². The van der Waals surface area contributed by atoms with Crippen molar-refractivity contribution in [2.75, 3.05) is 0 Å². The maximum absolute atomic E-state index is 14.5. The number of ether oxygens (including phenoxy) is 6. The van der Waals surface area contributed by atoms with Crippen LogP contribution in [-0.2, 0) is 57.2 Å². The highest BCUT2D eigenvalue weighted by atomic mass is 16.6. The molecule has 2 N–H and O–H groups in total. The minimum Gasteiger partial charge on any atom is -0.462 e. The number of carbonyl (C=O) groups excluding carboxylic acids is 6. The van der Waals surface area contributed by atoms with E-state index in [0.29, 0.717) is 0 Å². The van der Waals surface area contributed by atoms with Gasteiger partial charge < -0.3 is 38.6 Å². The molecule has 0 aromatic rings. The summed E-state index contributed by atoms with van der Waals surface area (Å²) < 4.78 is 36.2. The van der Waals surface area contributed by atoms with Crippen LogP contribution < -0.4 is 0 Å². The van der Waals surface area contributed by atoms with E-state index in [1.807, 2.05) is 6.92 Å². The van der Waals surface area contributed by atoms with E-state index >= 15 is 0 Å². The van der Waals surface area contributed by atoms with E-state index in [1.165, 1.54) is 34.6 Å². The molecule has 0 amide bonds. The third kappa shape index (κ3) is 4.24. The summed E-state index contributed by atoms with van der Waals surface area (Å²) in [5, 5.41) is 24.2. The van der Waals surface area contributed by atoms with Gasteiger partial charge in [-0.15, -0.1) is 0 Å². The van der Waals surface area contributed by atoms with E-state index in [-0.39, 0.29) is 12.2 Å². The Morgan fingerprint density at radius 2 is 1.32 bits per heavy atom. The second-order valence-electron chi connectivity index (χ2n) is 16.4. The van der Waals surface area contributed by atoms with Gasteiger partial charge in [0.15, 0.2) is 11.4 Å². The standard InChI is InChI=1S/C36H46O14/c1-12-10-19-35(8,36(9,44)32(43)50-19)24-21(12)34(7)22(28(24)45-13(2)37)20-23(29(46-14(3)38)31(34)48-16(5)40)33(6)17(25(41)26(20)42)11-18-27(49-18)30(33)47-15(4)39/h10,12,17-18,20-24,26-31,42,44H,11H2,1-9H3/t12-,17-,18+,20+,21+,22-,23-,24+,26-,27+,28-,29+,30+,31+,33+,34-,35+,36-/m1/s1. The third-order valence-electron chi connectivity index (χ3n) is 14.1. The van der Waals surface area contributed by atoms with Gasteiger partial charge in [-0.25, -0.2) is 4.79 Å². The van der Waals surface area contributed by atoms with Gasteiger partial charge in [-0.2, -0.15) is 0 Å². The number of esters is 5. The predicted molar refractivity (Wildman–Crippen MR) is 166 cm³/mol. The molecule has 4 saturated carbocycles. The Balaban J connectivity index is 1.53. The fourth-order valence-electron chi connectivity index (χ4n) is 12.2. The molecule has 2 saturated heterocycles. The molecule has 0 spiro atoms. The van der Waals surface area contributed by atoms with Crippen molar-refractivity contribution < 1.29 is 67.4 Å². The summed E-state index contributed by atoms with van der Waals surface area (Å²) in [5.41, 5.74) is -6.23. The fourth-order valence-corrected chi connectivity index (χ4v) is 12.2. The number of Topliss-reactive ketones (excluding diaryl/α,β-unsaturated/α-hetero) is 1. The van der Waals surface area contributed by atoms with Crippen molar-refractivity contribution >= 4 is 35.6 Å². The minimum atomic E-state index is -2.10. The molecular weight excluding hydrogens is 656 g/mol. The molecule has 2 aliphatic heterocycles. The van der Waals surface area contributed by atoms with Crippen molar-refractivity contribution in [2.45, 2.75) is 117 Å². The molecule has 0 unspecified atom stereocenters. The van der Waals surface area contributed by atoms with Crippen LogP contribution in [0.1, 0.15) is 68.7 Å². The average molecular weight is 703 g/mol. The number of aliphatic hydroxyl groups is 2. The molecule has 0 aromatic heterocycles. The molecule has 0 radical (unpaired) electrons.